The van der Waals surface area contributed by atoms with Gasteiger partial charge in [0.15, 0.2) is 0 Å². The van der Waals surface area contributed by atoms with Gasteiger partial charge in [-0.25, -0.2) is 0 Å². The van der Waals surface area contributed by atoms with Gasteiger partial charge < -0.3 is 10.6 Å². The van der Waals surface area contributed by atoms with Crippen LogP contribution in [-0.4, -0.2) is 25.0 Å². The molecule has 0 aromatic heterocycles. The largest absolute Gasteiger partial charge is 0.353 e. The summed E-state index contributed by atoms with van der Waals surface area (Å²) in [4.78, 5) is 12.3. The average molecular weight is 238 g/mol. The number of hydrogen-bond acceptors (Lipinski definition) is 2. The van der Waals surface area contributed by atoms with Crippen molar-refractivity contribution in [2.24, 2.45) is 17.3 Å². The topological polar surface area (TPSA) is 41.1 Å². The van der Waals surface area contributed by atoms with E-state index in [9.17, 15) is 4.79 Å². The number of nitrogens with one attached hydrogen (secondary N) is 2. The zero-order valence-electron chi connectivity index (χ0n) is 11.4. The van der Waals surface area contributed by atoms with Gasteiger partial charge in [-0.05, 0) is 44.2 Å². The SMILES string of the molecule is CCC1CC1NC(=O)C(C)(C)C1CCCNC1. The maximum atomic E-state index is 12.3. The molecule has 1 heterocycles. The lowest BCUT2D eigenvalue weighted by Crippen LogP contribution is -2.48. The molecule has 3 nitrogen and oxygen atoms in total. The zero-order valence-corrected chi connectivity index (χ0v) is 11.4. The van der Waals surface area contributed by atoms with Crippen molar-refractivity contribution in [2.75, 3.05) is 13.1 Å². The molecule has 0 spiro atoms. The zero-order chi connectivity index (χ0) is 12.5. The molecule has 1 saturated carbocycles. The van der Waals surface area contributed by atoms with E-state index in [2.05, 4.69) is 31.4 Å². The molecule has 0 radical (unpaired) electrons. The Morgan fingerprint density at radius 2 is 2.24 bits per heavy atom. The van der Waals surface area contributed by atoms with E-state index in [1.807, 2.05) is 0 Å². The van der Waals surface area contributed by atoms with Crippen molar-refractivity contribution < 1.29 is 4.79 Å². The monoisotopic (exact) mass is 238 g/mol. The number of rotatable bonds is 4. The van der Waals surface area contributed by atoms with Gasteiger partial charge in [0, 0.05) is 11.5 Å². The number of carbonyl (C=O) groups excluding carboxylic acids is 1. The van der Waals surface area contributed by atoms with Crippen LogP contribution in [-0.2, 0) is 4.79 Å². The molecular formula is C14H26N2O. The minimum Gasteiger partial charge on any atom is -0.353 e. The maximum Gasteiger partial charge on any atom is 0.226 e. The van der Waals surface area contributed by atoms with Crippen LogP contribution in [0, 0.1) is 17.3 Å². The molecule has 2 rings (SSSR count). The van der Waals surface area contributed by atoms with Gasteiger partial charge in [0.2, 0.25) is 5.91 Å². The first kappa shape index (κ1) is 12.9. The lowest BCUT2D eigenvalue weighted by atomic mass is 9.74. The second-order valence-corrected chi connectivity index (χ2v) is 6.25. The van der Waals surface area contributed by atoms with Gasteiger partial charge in [-0.15, -0.1) is 0 Å². The van der Waals surface area contributed by atoms with Gasteiger partial charge in [-0.2, -0.15) is 0 Å². The van der Waals surface area contributed by atoms with Crippen molar-refractivity contribution in [3.63, 3.8) is 0 Å². The van der Waals surface area contributed by atoms with Gasteiger partial charge in [0.05, 0.1) is 0 Å². The van der Waals surface area contributed by atoms with Gasteiger partial charge >= 0.3 is 0 Å². The van der Waals surface area contributed by atoms with Gasteiger partial charge in [-0.1, -0.05) is 27.2 Å². The quantitative estimate of drug-likeness (QED) is 0.786. The Morgan fingerprint density at radius 1 is 1.47 bits per heavy atom. The third-order valence-electron chi connectivity index (χ3n) is 4.67. The van der Waals surface area contributed by atoms with Crippen LogP contribution in [0.4, 0.5) is 0 Å². The van der Waals surface area contributed by atoms with Crippen LogP contribution in [0.15, 0.2) is 0 Å². The lowest BCUT2D eigenvalue weighted by molar-refractivity contribution is -0.132. The second-order valence-electron chi connectivity index (χ2n) is 6.25. The molecule has 17 heavy (non-hydrogen) atoms. The Morgan fingerprint density at radius 3 is 2.76 bits per heavy atom. The molecule has 0 aromatic carbocycles. The summed E-state index contributed by atoms with van der Waals surface area (Å²) in [5.74, 6) is 1.47. The highest BCUT2D eigenvalue weighted by Crippen LogP contribution is 2.36. The van der Waals surface area contributed by atoms with Crippen LogP contribution in [0.3, 0.4) is 0 Å². The van der Waals surface area contributed by atoms with Gasteiger partial charge in [-0.3, -0.25) is 4.79 Å². The highest BCUT2D eigenvalue weighted by Gasteiger charge is 2.42. The van der Waals surface area contributed by atoms with Crippen LogP contribution in [0.25, 0.3) is 0 Å². The number of carbonyl (C=O) groups is 1. The molecule has 3 heteroatoms. The Hall–Kier alpha value is -0.570. The van der Waals surface area contributed by atoms with Crippen molar-refractivity contribution >= 4 is 5.91 Å². The summed E-state index contributed by atoms with van der Waals surface area (Å²) >= 11 is 0. The molecule has 2 fully saturated rings. The van der Waals surface area contributed by atoms with E-state index >= 15 is 0 Å². The molecule has 98 valence electrons. The third kappa shape index (κ3) is 2.82. The van der Waals surface area contributed by atoms with Gasteiger partial charge in [0.1, 0.15) is 0 Å². The molecule has 1 aliphatic heterocycles. The standard InChI is InChI=1S/C14H26N2O/c1-4-10-8-12(10)16-13(17)14(2,3)11-6-5-7-15-9-11/h10-12,15H,4-9H2,1-3H3,(H,16,17). The maximum absolute atomic E-state index is 12.3. The van der Waals surface area contributed by atoms with E-state index in [0.717, 1.165) is 19.0 Å². The predicted molar refractivity (Wildman–Crippen MR) is 69.7 cm³/mol. The van der Waals surface area contributed by atoms with Crippen LogP contribution >= 0.6 is 0 Å². The Bertz CT molecular complexity index is 282. The molecule has 2 aliphatic rings. The normalized spacial score (nSPS) is 33.2. The number of hydrogen-bond donors (Lipinski definition) is 2. The molecular weight excluding hydrogens is 212 g/mol. The summed E-state index contributed by atoms with van der Waals surface area (Å²) in [5.41, 5.74) is -0.228. The summed E-state index contributed by atoms with van der Waals surface area (Å²) in [6.07, 6.45) is 4.75. The fraction of sp³-hybridized carbons (Fsp3) is 0.929. The van der Waals surface area contributed by atoms with Crippen LogP contribution in [0.1, 0.15) is 46.5 Å². The fourth-order valence-corrected chi connectivity index (χ4v) is 2.88. The van der Waals surface area contributed by atoms with Crippen LogP contribution in [0.5, 0.6) is 0 Å². The summed E-state index contributed by atoms with van der Waals surface area (Å²) in [5, 5.41) is 6.63. The second kappa shape index (κ2) is 4.97. The molecule has 2 N–H and O–H groups in total. The van der Waals surface area contributed by atoms with Gasteiger partial charge in [0.25, 0.3) is 0 Å². The Labute approximate surface area is 105 Å². The van der Waals surface area contributed by atoms with Crippen molar-refractivity contribution in [1.82, 2.24) is 10.6 Å². The van der Waals surface area contributed by atoms with E-state index in [1.165, 1.54) is 25.7 Å². The van der Waals surface area contributed by atoms with Crippen molar-refractivity contribution in [3.05, 3.63) is 0 Å². The van der Waals surface area contributed by atoms with Crippen molar-refractivity contribution in [2.45, 2.75) is 52.5 Å². The minimum absolute atomic E-state index is 0.228. The Balaban J connectivity index is 1.87. The van der Waals surface area contributed by atoms with Crippen LogP contribution < -0.4 is 10.6 Å². The van der Waals surface area contributed by atoms with Crippen molar-refractivity contribution in [3.8, 4) is 0 Å². The molecule has 1 amide bonds. The third-order valence-corrected chi connectivity index (χ3v) is 4.67. The fourth-order valence-electron chi connectivity index (χ4n) is 2.88. The highest BCUT2D eigenvalue weighted by molar-refractivity contribution is 5.82. The summed E-state index contributed by atoms with van der Waals surface area (Å²) < 4.78 is 0. The first-order chi connectivity index (χ1) is 8.05. The van der Waals surface area contributed by atoms with E-state index in [-0.39, 0.29) is 11.3 Å². The van der Waals surface area contributed by atoms with E-state index in [4.69, 9.17) is 0 Å². The van der Waals surface area contributed by atoms with E-state index in [1.54, 1.807) is 0 Å². The number of amides is 1. The summed E-state index contributed by atoms with van der Waals surface area (Å²) in [6.45, 7) is 8.50. The minimum atomic E-state index is -0.228. The molecule has 1 saturated heterocycles. The molecule has 0 aromatic rings. The average Bonchev–Trinajstić information content (AvgIpc) is 3.08. The number of piperidine rings is 1. The predicted octanol–water partition coefficient (Wildman–Crippen LogP) is 1.93. The first-order valence-corrected chi connectivity index (χ1v) is 7.07. The molecule has 0 bridgehead atoms. The van der Waals surface area contributed by atoms with Crippen LogP contribution in [0.2, 0.25) is 0 Å². The summed E-state index contributed by atoms with van der Waals surface area (Å²) in [7, 11) is 0. The smallest absolute Gasteiger partial charge is 0.226 e. The Kier molecular flexibility index (Phi) is 3.76. The molecule has 3 unspecified atom stereocenters. The highest BCUT2D eigenvalue weighted by atomic mass is 16.2. The summed E-state index contributed by atoms with van der Waals surface area (Å²) in [6, 6.07) is 0.461. The van der Waals surface area contributed by atoms with E-state index in [0.29, 0.717) is 12.0 Å². The lowest BCUT2D eigenvalue weighted by Gasteiger charge is -2.36. The molecule has 1 aliphatic carbocycles. The van der Waals surface area contributed by atoms with Crippen molar-refractivity contribution in [1.29, 1.82) is 0 Å². The first-order valence-electron chi connectivity index (χ1n) is 7.07. The molecule has 3 atom stereocenters. The van der Waals surface area contributed by atoms with E-state index < -0.39 is 0 Å².